The average molecular weight is 633 g/mol. The Morgan fingerprint density at radius 2 is 0.711 bits per heavy atom. The average Bonchev–Trinajstić information content (AvgIpc) is 3.81. The van der Waals surface area contributed by atoms with Crippen LogP contribution in [-0.4, -0.2) is 87.4 Å². The van der Waals surface area contributed by atoms with Crippen molar-refractivity contribution < 1.29 is 0 Å². The second kappa shape index (κ2) is 21.8. The molecule has 18 heteroatoms. The highest BCUT2D eigenvalue weighted by atomic mass is 15.6. The van der Waals surface area contributed by atoms with Gasteiger partial charge in [-0.15, -0.1) is 40.8 Å². The van der Waals surface area contributed by atoms with Crippen molar-refractivity contribution in [3.05, 3.63) is 23.3 Å². The summed E-state index contributed by atoms with van der Waals surface area (Å²) < 4.78 is 0. The van der Waals surface area contributed by atoms with Gasteiger partial charge in [-0.25, -0.2) is 0 Å². The lowest BCUT2D eigenvalue weighted by Gasteiger charge is -1.96. The van der Waals surface area contributed by atoms with E-state index in [1.807, 2.05) is 13.8 Å². The molecule has 45 heavy (non-hydrogen) atoms. The number of nitrogens with two attached hydrogens (primary N) is 1. The highest BCUT2D eigenvalue weighted by Gasteiger charge is 2.07. The molecule has 0 bridgehead atoms. The number of tetrazole rings is 4. The Hall–Kier alpha value is -3.80. The maximum atomic E-state index is 5.10. The highest BCUT2D eigenvalue weighted by molar-refractivity contribution is 4.86. The summed E-state index contributed by atoms with van der Waals surface area (Å²) in [5, 5.41) is 47.9. The molecule has 254 valence electrons. The van der Waals surface area contributed by atoms with Gasteiger partial charge in [0, 0.05) is 30.2 Å². The van der Waals surface area contributed by atoms with Crippen LogP contribution in [0.25, 0.3) is 0 Å². The highest BCUT2D eigenvalue weighted by Crippen LogP contribution is 2.07. The van der Waals surface area contributed by atoms with E-state index in [0.29, 0.717) is 36.8 Å². The second-order valence-corrected chi connectivity index (χ2v) is 11.5. The van der Waals surface area contributed by atoms with Crippen LogP contribution in [0.15, 0.2) is 0 Å². The monoisotopic (exact) mass is 632 g/mol. The summed E-state index contributed by atoms with van der Waals surface area (Å²) in [4.78, 5) is 6.48. The first-order chi connectivity index (χ1) is 21.4. The number of aryl methyl sites for hydroxylation is 3. The van der Waals surface area contributed by atoms with E-state index in [4.69, 9.17) is 5.84 Å². The number of nitrogens with zero attached hydrogens (tertiary/aromatic N) is 16. The molecule has 0 saturated heterocycles. The molecule has 0 aliphatic carbocycles. The lowest BCUT2D eigenvalue weighted by atomic mass is 10.2. The lowest BCUT2D eigenvalue weighted by molar-refractivity contribution is 0.495. The topological polar surface area (TPSA) is 212 Å². The fraction of sp³-hybridized carbons (Fsp3) is 0.852. The van der Waals surface area contributed by atoms with Gasteiger partial charge in [0.2, 0.25) is 0 Å². The Kier molecular flexibility index (Phi) is 19.0. The van der Waals surface area contributed by atoms with Crippen LogP contribution in [0.1, 0.15) is 142 Å². The van der Waals surface area contributed by atoms with Gasteiger partial charge < -0.3 is 0 Å². The quantitative estimate of drug-likeness (QED) is 0.160. The third kappa shape index (κ3) is 15.7. The fourth-order valence-corrected chi connectivity index (χ4v) is 3.09. The molecule has 0 aliphatic heterocycles. The molecular formula is C27H56N18. The number of nitrogens with one attached hydrogen (secondary N) is 1. The van der Waals surface area contributed by atoms with Crippen molar-refractivity contribution in [2.75, 3.05) is 6.54 Å². The zero-order valence-corrected chi connectivity index (χ0v) is 29.2. The van der Waals surface area contributed by atoms with Crippen molar-refractivity contribution >= 4 is 0 Å². The summed E-state index contributed by atoms with van der Waals surface area (Å²) in [6.45, 7) is 26.6. The summed E-state index contributed by atoms with van der Waals surface area (Å²) in [5.41, 5.74) is 2.53. The Morgan fingerprint density at radius 1 is 0.467 bits per heavy atom. The summed E-state index contributed by atoms with van der Waals surface area (Å²) in [5.74, 6) is 9.82. The van der Waals surface area contributed by atoms with Gasteiger partial charge in [-0.3, -0.25) is 11.3 Å². The van der Waals surface area contributed by atoms with E-state index in [-0.39, 0.29) is 0 Å². The van der Waals surface area contributed by atoms with Gasteiger partial charge in [0.1, 0.15) is 0 Å². The molecule has 0 amide bonds. The second-order valence-electron chi connectivity index (χ2n) is 11.5. The van der Waals surface area contributed by atoms with E-state index in [1.165, 1.54) is 4.80 Å². The van der Waals surface area contributed by atoms with E-state index >= 15 is 0 Å². The molecule has 0 saturated carbocycles. The Balaban J connectivity index is 0.000000300. The van der Waals surface area contributed by atoms with Crippen molar-refractivity contribution in [2.45, 2.75) is 145 Å². The summed E-state index contributed by atoms with van der Waals surface area (Å²) in [6, 6.07) is 0. The largest absolute Gasteiger partial charge is 0.271 e. The molecule has 0 spiro atoms. The standard InChI is InChI=1S/3C7H14N4.C6H14N6/c3*1-4-5-11-9-7(6(2)3)8-10-11;1-5(2)6-9-11-12(10-6)4-3-8-7/h3*6H,4-5H2,1-3H3;5,8H,3-4,7H2,1-2H3. The Morgan fingerprint density at radius 3 is 0.889 bits per heavy atom. The number of hydrogen-bond acceptors (Lipinski definition) is 14. The lowest BCUT2D eigenvalue weighted by Crippen LogP contribution is -2.27. The smallest absolute Gasteiger partial charge is 0.177 e. The molecule has 0 aromatic carbocycles. The van der Waals surface area contributed by atoms with Crippen molar-refractivity contribution in [1.29, 1.82) is 0 Å². The van der Waals surface area contributed by atoms with Gasteiger partial charge >= 0.3 is 0 Å². The first-order valence-electron chi connectivity index (χ1n) is 16.0. The van der Waals surface area contributed by atoms with Crippen molar-refractivity contribution in [3.8, 4) is 0 Å². The first kappa shape index (κ1) is 39.2. The van der Waals surface area contributed by atoms with E-state index in [9.17, 15) is 0 Å². The predicted octanol–water partition coefficient (Wildman–Crippen LogP) is 2.88. The molecule has 4 aromatic rings. The summed E-state index contributed by atoms with van der Waals surface area (Å²) in [6.07, 6.45) is 3.15. The zero-order chi connectivity index (χ0) is 33.8. The molecule has 4 rings (SSSR count). The molecule has 0 atom stereocenters. The van der Waals surface area contributed by atoms with Crippen LogP contribution in [-0.2, 0) is 26.2 Å². The van der Waals surface area contributed by atoms with Crippen molar-refractivity contribution in [2.24, 2.45) is 5.84 Å². The molecule has 0 aliphatic rings. The molecule has 3 N–H and O–H groups in total. The number of hydrazine groups is 1. The van der Waals surface area contributed by atoms with Crippen LogP contribution in [0.4, 0.5) is 0 Å². The predicted molar refractivity (Wildman–Crippen MR) is 171 cm³/mol. The third-order valence-corrected chi connectivity index (χ3v) is 5.67. The Bertz CT molecular complexity index is 1150. The van der Waals surface area contributed by atoms with E-state index in [0.717, 1.165) is 62.2 Å². The summed E-state index contributed by atoms with van der Waals surface area (Å²) in [7, 11) is 0. The summed E-state index contributed by atoms with van der Waals surface area (Å²) >= 11 is 0. The van der Waals surface area contributed by atoms with Crippen LogP contribution in [0, 0.1) is 0 Å². The van der Waals surface area contributed by atoms with Crippen molar-refractivity contribution in [3.63, 3.8) is 0 Å². The molecule has 0 unspecified atom stereocenters. The van der Waals surface area contributed by atoms with Gasteiger partial charge in [-0.05, 0) is 40.1 Å². The van der Waals surface area contributed by atoms with Crippen molar-refractivity contribution in [1.82, 2.24) is 86.3 Å². The molecule has 18 nitrogen and oxygen atoms in total. The molecule has 0 radical (unpaired) electrons. The minimum Gasteiger partial charge on any atom is -0.271 e. The Labute approximate surface area is 267 Å². The van der Waals surface area contributed by atoms with E-state index < -0.39 is 0 Å². The maximum absolute atomic E-state index is 5.10. The minimum absolute atomic E-state index is 0.324. The minimum atomic E-state index is 0.324. The fourth-order valence-electron chi connectivity index (χ4n) is 3.09. The zero-order valence-electron chi connectivity index (χ0n) is 29.2. The van der Waals surface area contributed by atoms with Crippen LogP contribution >= 0.6 is 0 Å². The number of hydrogen-bond donors (Lipinski definition) is 2. The van der Waals surface area contributed by atoms with Gasteiger partial charge in [-0.2, -0.15) is 19.2 Å². The molecule has 4 heterocycles. The van der Waals surface area contributed by atoms with E-state index in [1.54, 1.807) is 14.4 Å². The van der Waals surface area contributed by atoms with Crippen LogP contribution in [0.5, 0.6) is 0 Å². The molecule has 0 fully saturated rings. The van der Waals surface area contributed by atoms with Crippen LogP contribution in [0.3, 0.4) is 0 Å². The van der Waals surface area contributed by atoms with Crippen LogP contribution < -0.4 is 11.3 Å². The normalized spacial score (nSPS) is 10.9. The number of aromatic nitrogens is 16. The number of rotatable bonds is 13. The SMILES string of the molecule is CC(C)c1nnn(CCNN)n1.CCCn1nnc(C(C)C)n1.CCCn1nnc(C(C)C)n1.CCCn1nnc(C(C)C)n1. The van der Waals surface area contributed by atoms with Gasteiger partial charge in [0.05, 0.1) is 26.2 Å². The maximum Gasteiger partial charge on any atom is 0.177 e. The van der Waals surface area contributed by atoms with Crippen LogP contribution in [0.2, 0.25) is 0 Å². The van der Waals surface area contributed by atoms with Gasteiger partial charge in [-0.1, -0.05) is 76.2 Å². The molecule has 4 aromatic heterocycles. The third-order valence-electron chi connectivity index (χ3n) is 5.67. The first-order valence-corrected chi connectivity index (χ1v) is 16.0. The van der Waals surface area contributed by atoms with E-state index in [2.05, 4.69) is 129 Å². The molecular weight excluding hydrogens is 576 g/mol. The van der Waals surface area contributed by atoms with Gasteiger partial charge in [0.15, 0.2) is 23.3 Å². The van der Waals surface area contributed by atoms with Gasteiger partial charge in [0.25, 0.3) is 0 Å².